The lowest BCUT2D eigenvalue weighted by Crippen LogP contribution is -2.51. The molecule has 0 aliphatic carbocycles. The topological polar surface area (TPSA) is 87.5 Å². The van der Waals surface area contributed by atoms with E-state index in [1.807, 2.05) is 0 Å². The van der Waals surface area contributed by atoms with E-state index >= 15 is 0 Å². The molecule has 0 bridgehead atoms. The number of carbonyl (C=O) groups is 2. The fourth-order valence-corrected chi connectivity index (χ4v) is 3.58. The highest BCUT2D eigenvalue weighted by Gasteiger charge is 2.21. The lowest BCUT2D eigenvalue weighted by molar-refractivity contribution is -0.133. The van der Waals surface area contributed by atoms with Crippen LogP contribution in [0.25, 0.3) is 10.9 Å². The van der Waals surface area contributed by atoms with Gasteiger partial charge in [-0.25, -0.2) is 9.37 Å². The minimum atomic E-state index is -0.433. The Hall–Kier alpha value is -3.75. The first kappa shape index (κ1) is 20.5. The van der Waals surface area contributed by atoms with Crippen molar-refractivity contribution in [1.82, 2.24) is 19.8 Å². The van der Waals surface area contributed by atoms with E-state index in [1.165, 1.54) is 23.0 Å². The molecule has 9 heteroatoms. The number of amides is 2. The smallest absolute Gasteiger partial charge is 0.261 e. The van der Waals surface area contributed by atoms with Crippen LogP contribution in [-0.2, 0) is 16.1 Å². The highest BCUT2D eigenvalue weighted by atomic mass is 19.1. The van der Waals surface area contributed by atoms with Gasteiger partial charge in [0.15, 0.2) is 0 Å². The zero-order valence-corrected chi connectivity index (χ0v) is 16.8. The highest BCUT2D eigenvalue weighted by molar-refractivity contribution is 5.85. The van der Waals surface area contributed by atoms with Gasteiger partial charge in [0.1, 0.15) is 12.4 Å². The molecule has 3 aromatic rings. The van der Waals surface area contributed by atoms with E-state index < -0.39 is 5.91 Å². The summed E-state index contributed by atoms with van der Waals surface area (Å²) in [5.41, 5.74) is 1.18. The number of piperazine rings is 1. The Morgan fingerprint density at radius 2 is 1.71 bits per heavy atom. The van der Waals surface area contributed by atoms with Crippen molar-refractivity contribution in [3.05, 3.63) is 71.0 Å². The van der Waals surface area contributed by atoms with Gasteiger partial charge in [-0.1, -0.05) is 12.1 Å². The molecule has 0 atom stereocenters. The number of benzene rings is 2. The van der Waals surface area contributed by atoms with Gasteiger partial charge in [-0.2, -0.15) is 0 Å². The molecule has 2 aromatic carbocycles. The normalized spacial score (nSPS) is 14.0. The number of fused-ring (bicyclic) bond motifs is 1. The third-order valence-corrected chi connectivity index (χ3v) is 5.31. The van der Waals surface area contributed by atoms with Crippen LogP contribution < -0.4 is 15.8 Å². The van der Waals surface area contributed by atoms with E-state index in [1.54, 1.807) is 41.3 Å². The first-order valence-electron chi connectivity index (χ1n) is 10.0. The molecule has 1 aliphatic rings. The van der Waals surface area contributed by atoms with Gasteiger partial charge in [0, 0.05) is 31.9 Å². The molecule has 0 saturated carbocycles. The summed E-state index contributed by atoms with van der Waals surface area (Å²) in [5.74, 6) is -0.899. The van der Waals surface area contributed by atoms with Crippen LogP contribution in [0.4, 0.5) is 10.1 Å². The third kappa shape index (κ3) is 4.71. The molecule has 31 heavy (non-hydrogen) atoms. The van der Waals surface area contributed by atoms with Crippen molar-refractivity contribution in [2.45, 2.75) is 6.54 Å². The Labute approximate surface area is 177 Å². The predicted octanol–water partition coefficient (Wildman–Crippen LogP) is 1.00. The quantitative estimate of drug-likeness (QED) is 0.662. The number of rotatable bonds is 5. The summed E-state index contributed by atoms with van der Waals surface area (Å²) in [6.45, 7) is 1.95. The maximum atomic E-state index is 13.1. The van der Waals surface area contributed by atoms with Gasteiger partial charge in [0.25, 0.3) is 5.56 Å². The molecule has 4 rings (SSSR count). The average molecular weight is 423 g/mol. The van der Waals surface area contributed by atoms with Crippen LogP contribution in [0.1, 0.15) is 0 Å². The first-order valence-corrected chi connectivity index (χ1v) is 10.0. The van der Waals surface area contributed by atoms with Crippen molar-refractivity contribution in [2.24, 2.45) is 0 Å². The van der Waals surface area contributed by atoms with Crippen molar-refractivity contribution < 1.29 is 14.0 Å². The van der Waals surface area contributed by atoms with E-state index in [0.717, 1.165) is 5.69 Å². The zero-order chi connectivity index (χ0) is 21.8. The van der Waals surface area contributed by atoms with Gasteiger partial charge in [0.05, 0.1) is 23.8 Å². The summed E-state index contributed by atoms with van der Waals surface area (Å²) in [6.07, 6.45) is 1.33. The molecule has 1 saturated heterocycles. The second-order valence-electron chi connectivity index (χ2n) is 7.32. The first-order chi connectivity index (χ1) is 15.0. The molecule has 2 heterocycles. The van der Waals surface area contributed by atoms with Crippen LogP contribution in [0.5, 0.6) is 0 Å². The molecule has 1 fully saturated rings. The van der Waals surface area contributed by atoms with Crippen molar-refractivity contribution in [1.29, 1.82) is 0 Å². The average Bonchev–Trinajstić information content (AvgIpc) is 2.80. The fraction of sp³-hybridized carbons (Fsp3) is 0.273. The van der Waals surface area contributed by atoms with Crippen molar-refractivity contribution in [3.63, 3.8) is 0 Å². The Morgan fingerprint density at radius 1 is 1.00 bits per heavy atom. The standard InChI is InChI=1S/C22H22FN5O3/c23-16-5-7-17(8-6-16)26-9-11-27(12-10-26)21(30)13-24-20(29)14-28-15-25-19-4-2-1-3-18(19)22(28)31/h1-8,15H,9-14H2,(H,24,29). The summed E-state index contributed by atoms with van der Waals surface area (Å²) in [6, 6.07) is 13.2. The van der Waals surface area contributed by atoms with Gasteiger partial charge in [-0.3, -0.25) is 19.0 Å². The molecule has 0 unspecified atom stereocenters. The number of nitrogens with one attached hydrogen (secondary N) is 1. The number of aromatic nitrogens is 2. The second kappa shape index (κ2) is 8.95. The van der Waals surface area contributed by atoms with E-state index in [2.05, 4.69) is 15.2 Å². The van der Waals surface area contributed by atoms with Crippen LogP contribution >= 0.6 is 0 Å². The predicted molar refractivity (Wildman–Crippen MR) is 114 cm³/mol. The Morgan fingerprint density at radius 3 is 2.45 bits per heavy atom. The number of hydrogen-bond acceptors (Lipinski definition) is 5. The number of hydrogen-bond donors (Lipinski definition) is 1. The van der Waals surface area contributed by atoms with Crippen LogP contribution in [0.15, 0.2) is 59.7 Å². The van der Waals surface area contributed by atoms with Gasteiger partial charge >= 0.3 is 0 Å². The van der Waals surface area contributed by atoms with E-state index in [0.29, 0.717) is 37.1 Å². The van der Waals surface area contributed by atoms with Crippen molar-refractivity contribution in [3.8, 4) is 0 Å². The minimum Gasteiger partial charge on any atom is -0.368 e. The highest BCUT2D eigenvalue weighted by Crippen LogP contribution is 2.16. The second-order valence-corrected chi connectivity index (χ2v) is 7.32. The largest absolute Gasteiger partial charge is 0.368 e. The summed E-state index contributed by atoms with van der Waals surface area (Å²) < 4.78 is 14.3. The molecule has 1 aliphatic heterocycles. The zero-order valence-electron chi connectivity index (χ0n) is 16.8. The summed E-state index contributed by atoms with van der Waals surface area (Å²) >= 11 is 0. The Balaban J connectivity index is 1.27. The van der Waals surface area contributed by atoms with Gasteiger partial charge < -0.3 is 15.1 Å². The number of anilines is 1. The molecule has 1 N–H and O–H groups in total. The maximum Gasteiger partial charge on any atom is 0.261 e. The molecular weight excluding hydrogens is 401 g/mol. The van der Waals surface area contributed by atoms with Gasteiger partial charge in [0.2, 0.25) is 11.8 Å². The number of halogens is 1. The molecule has 160 valence electrons. The van der Waals surface area contributed by atoms with Crippen LogP contribution in [0.2, 0.25) is 0 Å². The molecule has 0 spiro atoms. The summed E-state index contributed by atoms with van der Waals surface area (Å²) in [5, 5.41) is 3.02. The van der Waals surface area contributed by atoms with E-state index in [9.17, 15) is 18.8 Å². The molecule has 8 nitrogen and oxygen atoms in total. The SMILES string of the molecule is O=C(Cn1cnc2ccccc2c1=O)NCC(=O)N1CCN(c2ccc(F)cc2)CC1. The molecule has 1 aromatic heterocycles. The van der Waals surface area contributed by atoms with Crippen LogP contribution in [-0.4, -0.2) is 59.0 Å². The number of para-hydroxylation sites is 1. The lowest BCUT2D eigenvalue weighted by atomic mass is 10.2. The Bertz CT molecular complexity index is 1150. The number of nitrogens with zero attached hydrogens (tertiary/aromatic N) is 4. The van der Waals surface area contributed by atoms with Gasteiger partial charge in [-0.15, -0.1) is 0 Å². The molecular formula is C22H22FN5O3. The van der Waals surface area contributed by atoms with Crippen LogP contribution in [0.3, 0.4) is 0 Å². The van der Waals surface area contributed by atoms with Gasteiger partial charge in [-0.05, 0) is 36.4 Å². The summed E-state index contributed by atoms with van der Waals surface area (Å²) in [4.78, 5) is 45.1. The third-order valence-electron chi connectivity index (χ3n) is 5.31. The summed E-state index contributed by atoms with van der Waals surface area (Å²) in [7, 11) is 0. The molecule has 0 radical (unpaired) electrons. The monoisotopic (exact) mass is 423 g/mol. The minimum absolute atomic E-state index is 0.134. The van der Waals surface area contributed by atoms with E-state index in [-0.39, 0.29) is 30.4 Å². The Kier molecular flexibility index (Phi) is 5.92. The molecule has 2 amide bonds. The lowest BCUT2D eigenvalue weighted by Gasteiger charge is -2.36. The van der Waals surface area contributed by atoms with Crippen molar-refractivity contribution in [2.75, 3.05) is 37.6 Å². The number of carbonyl (C=O) groups excluding carboxylic acids is 2. The maximum absolute atomic E-state index is 13.1. The van der Waals surface area contributed by atoms with E-state index in [4.69, 9.17) is 0 Å². The van der Waals surface area contributed by atoms with Crippen LogP contribution in [0, 0.1) is 5.82 Å². The fourth-order valence-electron chi connectivity index (χ4n) is 3.58. The van der Waals surface area contributed by atoms with Crippen molar-refractivity contribution >= 4 is 28.4 Å².